The molecule has 90 valence electrons. The van der Waals surface area contributed by atoms with Gasteiger partial charge in [0.05, 0.1) is 18.8 Å². The summed E-state index contributed by atoms with van der Waals surface area (Å²) in [4.78, 5) is 0. The first-order chi connectivity index (χ1) is 8.09. The predicted octanol–water partition coefficient (Wildman–Crippen LogP) is 2.10. The minimum absolute atomic E-state index is 0.223. The van der Waals surface area contributed by atoms with Gasteiger partial charge < -0.3 is 9.84 Å². The fourth-order valence-corrected chi connectivity index (χ4v) is 2.10. The number of aliphatic hydroxyl groups excluding tert-OH is 1. The van der Waals surface area contributed by atoms with E-state index in [9.17, 15) is 14.8 Å². The van der Waals surface area contributed by atoms with Crippen LogP contribution >= 0.6 is 0 Å². The van der Waals surface area contributed by atoms with E-state index in [4.69, 9.17) is 4.74 Å². The fraction of sp³-hybridized carbons (Fsp3) is 0.462. The van der Waals surface area contributed by atoms with Gasteiger partial charge in [-0.15, -0.1) is 0 Å². The van der Waals surface area contributed by atoms with Gasteiger partial charge >= 0.3 is 0 Å². The normalized spacial score (nSPS) is 25.5. The third kappa shape index (κ3) is 2.04. The maximum Gasteiger partial charge on any atom is 0.126 e. The van der Waals surface area contributed by atoms with E-state index >= 15 is 0 Å². The summed E-state index contributed by atoms with van der Waals surface area (Å²) in [5.74, 6) is -0.311. The second-order valence-electron chi connectivity index (χ2n) is 4.48. The summed E-state index contributed by atoms with van der Waals surface area (Å²) in [5.41, 5.74) is 0.133. The molecule has 1 aliphatic rings. The van der Waals surface area contributed by atoms with Gasteiger partial charge in [0.2, 0.25) is 0 Å². The number of benzene rings is 1. The van der Waals surface area contributed by atoms with E-state index in [1.165, 1.54) is 12.1 Å². The molecule has 2 rings (SSSR count). The lowest BCUT2D eigenvalue weighted by atomic mass is 9.79. The van der Waals surface area contributed by atoms with Crippen LogP contribution in [0.5, 0.6) is 0 Å². The van der Waals surface area contributed by atoms with E-state index in [1.54, 1.807) is 13.0 Å². The van der Waals surface area contributed by atoms with Crippen LogP contribution in [0, 0.1) is 29.5 Å². The SMILES string of the molecule is Cc1cc(C(O)C2(C#N)CCOC2)ccc1F. The molecule has 1 aromatic carbocycles. The molecule has 2 unspecified atom stereocenters. The highest BCUT2D eigenvalue weighted by Gasteiger charge is 2.43. The zero-order valence-corrected chi connectivity index (χ0v) is 9.61. The van der Waals surface area contributed by atoms with Crippen molar-refractivity contribution in [2.24, 2.45) is 5.41 Å². The number of halogens is 1. The zero-order chi connectivity index (χ0) is 12.5. The maximum atomic E-state index is 13.1. The largest absolute Gasteiger partial charge is 0.387 e. The number of nitriles is 1. The molecule has 0 bridgehead atoms. The molecule has 0 aromatic heterocycles. The predicted molar refractivity (Wildman–Crippen MR) is 59.6 cm³/mol. The lowest BCUT2D eigenvalue weighted by Gasteiger charge is -2.25. The molecule has 17 heavy (non-hydrogen) atoms. The lowest BCUT2D eigenvalue weighted by molar-refractivity contribution is 0.0503. The molecule has 0 radical (unpaired) electrons. The molecule has 1 aromatic rings. The van der Waals surface area contributed by atoms with Gasteiger partial charge in [0.15, 0.2) is 0 Å². The number of rotatable bonds is 2. The Bertz CT molecular complexity index is 461. The first kappa shape index (κ1) is 12.0. The lowest BCUT2D eigenvalue weighted by Crippen LogP contribution is -2.27. The van der Waals surface area contributed by atoms with E-state index in [0.29, 0.717) is 24.2 Å². The van der Waals surface area contributed by atoms with E-state index in [-0.39, 0.29) is 12.4 Å². The molecule has 2 atom stereocenters. The molecular weight excluding hydrogens is 221 g/mol. The fourth-order valence-electron chi connectivity index (χ4n) is 2.10. The molecule has 1 fully saturated rings. The highest BCUT2D eigenvalue weighted by Crippen LogP contribution is 2.40. The highest BCUT2D eigenvalue weighted by atomic mass is 19.1. The molecule has 0 amide bonds. The van der Waals surface area contributed by atoms with Crippen LogP contribution in [0.2, 0.25) is 0 Å². The van der Waals surface area contributed by atoms with Gasteiger partial charge in [0.25, 0.3) is 0 Å². The van der Waals surface area contributed by atoms with Crippen molar-refractivity contribution in [3.63, 3.8) is 0 Å². The number of aryl methyl sites for hydroxylation is 1. The number of hydrogen-bond acceptors (Lipinski definition) is 3. The summed E-state index contributed by atoms with van der Waals surface area (Å²) in [5, 5.41) is 19.5. The molecule has 1 heterocycles. The highest BCUT2D eigenvalue weighted by molar-refractivity contribution is 5.29. The third-order valence-corrected chi connectivity index (χ3v) is 3.30. The summed E-state index contributed by atoms with van der Waals surface area (Å²) >= 11 is 0. The Kier molecular flexibility index (Phi) is 3.14. The van der Waals surface area contributed by atoms with Gasteiger partial charge in [-0.3, -0.25) is 0 Å². The topological polar surface area (TPSA) is 53.2 Å². The zero-order valence-electron chi connectivity index (χ0n) is 9.61. The van der Waals surface area contributed by atoms with Gasteiger partial charge in [-0.05, 0) is 30.5 Å². The van der Waals surface area contributed by atoms with Crippen molar-refractivity contribution in [2.75, 3.05) is 13.2 Å². The van der Waals surface area contributed by atoms with Crippen molar-refractivity contribution in [3.8, 4) is 6.07 Å². The van der Waals surface area contributed by atoms with Gasteiger partial charge in [-0.2, -0.15) is 5.26 Å². The van der Waals surface area contributed by atoms with Gasteiger partial charge in [0, 0.05) is 6.61 Å². The van der Waals surface area contributed by atoms with E-state index in [2.05, 4.69) is 6.07 Å². The van der Waals surface area contributed by atoms with Crippen molar-refractivity contribution in [1.82, 2.24) is 0 Å². The minimum Gasteiger partial charge on any atom is -0.387 e. The van der Waals surface area contributed by atoms with Crippen LogP contribution in [0.25, 0.3) is 0 Å². The van der Waals surface area contributed by atoms with Crippen LogP contribution in [0.15, 0.2) is 18.2 Å². The second-order valence-corrected chi connectivity index (χ2v) is 4.48. The van der Waals surface area contributed by atoms with Crippen LogP contribution in [0.3, 0.4) is 0 Å². The average molecular weight is 235 g/mol. The minimum atomic E-state index is -0.936. The summed E-state index contributed by atoms with van der Waals surface area (Å²) in [6.45, 7) is 2.33. The molecule has 1 aliphatic heterocycles. The van der Waals surface area contributed by atoms with Crippen LogP contribution < -0.4 is 0 Å². The first-order valence-corrected chi connectivity index (χ1v) is 5.52. The van der Waals surface area contributed by atoms with Crippen LogP contribution in [0.1, 0.15) is 23.7 Å². The number of nitrogens with zero attached hydrogens (tertiary/aromatic N) is 1. The standard InChI is InChI=1S/C13H14FNO2/c1-9-6-10(2-3-11(9)14)12(16)13(7-15)4-5-17-8-13/h2-3,6,12,16H,4-5,8H2,1H3. The van der Waals surface area contributed by atoms with Crippen molar-refractivity contribution in [1.29, 1.82) is 5.26 Å². The summed E-state index contributed by atoms with van der Waals surface area (Å²) in [7, 11) is 0. The van der Waals surface area contributed by atoms with E-state index < -0.39 is 11.5 Å². The molecule has 0 spiro atoms. The number of hydrogen-bond donors (Lipinski definition) is 1. The van der Waals surface area contributed by atoms with Crippen LogP contribution in [-0.2, 0) is 4.74 Å². The summed E-state index contributed by atoms with van der Waals surface area (Å²) in [6.07, 6.45) is -0.435. The second kappa shape index (κ2) is 4.44. The van der Waals surface area contributed by atoms with Gasteiger partial charge in [-0.25, -0.2) is 4.39 Å². The van der Waals surface area contributed by atoms with Crippen molar-refractivity contribution in [3.05, 3.63) is 35.1 Å². The Labute approximate surface area is 99.4 Å². The molecular formula is C13H14FNO2. The Balaban J connectivity index is 2.33. The molecule has 3 nitrogen and oxygen atoms in total. The molecule has 1 N–H and O–H groups in total. The Morgan fingerprint density at radius 2 is 2.35 bits per heavy atom. The van der Waals surface area contributed by atoms with E-state index in [1.807, 2.05) is 0 Å². The monoisotopic (exact) mass is 235 g/mol. The number of ether oxygens (including phenoxy) is 1. The Morgan fingerprint density at radius 3 is 2.88 bits per heavy atom. The molecule has 0 aliphatic carbocycles. The quantitative estimate of drug-likeness (QED) is 0.854. The number of aliphatic hydroxyl groups is 1. The molecule has 4 heteroatoms. The summed E-state index contributed by atoms with van der Waals surface area (Å²) in [6, 6.07) is 6.55. The van der Waals surface area contributed by atoms with Gasteiger partial charge in [-0.1, -0.05) is 12.1 Å². The van der Waals surface area contributed by atoms with Crippen LogP contribution in [0.4, 0.5) is 4.39 Å². The Hall–Kier alpha value is -1.44. The molecule has 1 saturated heterocycles. The third-order valence-electron chi connectivity index (χ3n) is 3.30. The smallest absolute Gasteiger partial charge is 0.126 e. The van der Waals surface area contributed by atoms with Crippen molar-refractivity contribution >= 4 is 0 Å². The van der Waals surface area contributed by atoms with Crippen LogP contribution in [-0.4, -0.2) is 18.3 Å². The maximum absolute atomic E-state index is 13.1. The van der Waals surface area contributed by atoms with Gasteiger partial charge in [0.1, 0.15) is 11.2 Å². The summed E-state index contributed by atoms with van der Waals surface area (Å²) < 4.78 is 18.3. The Morgan fingerprint density at radius 1 is 1.59 bits per heavy atom. The average Bonchev–Trinajstić information content (AvgIpc) is 2.81. The first-order valence-electron chi connectivity index (χ1n) is 5.52. The van der Waals surface area contributed by atoms with Crippen molar-refractivity contribution < 1.29 is 14.2 Å². The van der Waals surface area contributed by atoms with Crippen molar-refractivity contribution in [2.45, 2.75) is 19.4 Å². The molecule has 0 saturated carbocycles. The van der Waals surface area contributed by atoms with E-state index in [0.717, 1.165) is 0 Å².